The summed E-state index contributed by atoms with van der Waals surface area (Å²) in [4.78, 5) is 26.3. The largest absolute Gasteiger partial charge is 0.497 e. The van der Waals surface area contributed by atoms with Gasteiger partial charge in [0.05, 0.1) is 13.7 Å². The fourth-order valence-corrected chi connectivity index (χ4v) is 2.93. The number of hydrogen-bond donors (Lipinski definition) is 1. The predicted molar refractivity (Wildman–Crippen MR) is 97.5 cm³/mol. The highest BCUT2D eigenvalue weighted by atomic mass is 35.5. The molecule has 0 aliphatic carbocycles. The summed E-state index contributed by atoms with van der Waals surface area (Å²) in [5, 5.41) is 3.38. The Hall–Kier alpha value is -2.73. The number of urea groups is 1. The first-order chi connectivity index (χ1) is 12.4. The molecule has 3 amide bonds. The van der Waals surface area contributed by atoms with Crippen LogP contribution in [0.25, 0.3) is 0 Å². The van der Waals surface area contributed by atoms with Crippen molar-refractivity contribution in [2.75, 3.05) is 20.3 Å². The molecule has 2 aromatic rings. The number of methoxy groups -OCH3 is 1. The van der Waals surface area contributed by atoms with E-state index < -0.39 is 11.6 Å². The van der Waals surface area contributed by atoms with E-state index in [-0.39, 0.29) is 19.1 Å². The topological polar surface area (TPSA) is 67.9 Å². The van der Waals surface area contributed by atoms with Crippen molar-refractivity contribution in [1.82, 2.24) is 10.2 Å². The number of ether oxygens (including phenoxy) is 2. The van der Waals surface area contributed by atoms with Crippen molar-refractivity contribution in [3.05, 3.63) is 59.1 Å². The minimum atomic E-state index is -1.11. The lowest BCUT2D eigenvalue weighted by atomic mass is 9.92. The lowest BCUT2D eigenvalue weighted by Crippen LogP contribution is -2.41. The zero-order valence-corrected chi connectivity index (χ0v) is 15.2. The Labute approximate surface area is 156 Å². The van der Waals surface area contributed by atoms with Gasteiger partial charge in [-0.1, -0.05) is 23.7 Å². The number of rotatable bonds is 6. The summed E-state index contributed by atoms with van der Waals surface area (Å²) in [5.74, 6) is 0.995. The summed E-state index contributed by atoms with van der Waals surface area (Å²) in [6.07, 6.45) is 0. The van der Waals surface area contributed by atoms with E-state index in [0.717, 1.165) is 0 Å². The normalized spacial score (nSPS) is 19.4. The third-order valence-electron chi connectivity index (χ3n) is 4.34. The molecule has 0 aromatic heterocycles. The number of amides is 3. The fourth-order valence-electron chi connectivity index (χ4n) is 2.81. The molecule has 7 heteroatoms. The highest BCUT2D eigenvalue weighted by Gasteiger charge is 2.48. The van der Waals surface area contributed by atoms with Crippen LogP contribution in [0.15, 0.2) is 48.5 Å². The molecule has 1 N–H and O–H groups in total. The molecular weight excluding hydrogens is 356 g/mol. The first-order valence-corrected chi connectivity index (χ1v) is 8.49. The number of benzene rings is 2. The van der Waals surface area contributed by atoms with Crippen LogP contribution in [-0.4, -0.2) is 37.1 Å². The van der Waals surface area contributed by atoms with E-state index in [0.29, 0.717) is 22.1 Å². The molecule has 1 aliphatic heterocycles. The molecule has 0 spiro atoms. The van der Waals surface area contributed by atoms with Gasteiger partial charge in [0.2, 0.25) is 0 Å². The molecule has 1 saturated heterocycles. The van der Waals surface area contributed by atoms with Gasteiger partial charge in [-0.25, -0.2) is 4.79 Å². The summed E-state index contributed by atoms with van der Waals surface area (Å²) in [6, 6.07) is 13.5. The summed E-state index contributed by atoms with van der Waals surface area (Å²) in [5.41, 5.74) is -0.415. The number of carbonyl (C=O) groups is 2. The molecule has 1 atom stereocenters. The molecule has 1 aliphatic rings. The van der Waals surface area contributed by atoms with E-state index in [9.17, 15) is 9.59 Å². The second-order valence-electron chi connectivity index (χ2n) is 6.04. The molecule has 26 heavy (non-hydrogen) atoms. The molecule has 136 valence electrons. The van der Waals surface area contributed by atoms with Gasteiger partial charge in [-0.15, -0.1) is 0 Å². The zero-order chi connectivity index (χ0) is 18.7. The maximum absolute atomic E-state index is 12.8. The van der Waals surface area contributed by atoms with Crippen molar-refractivity contribution in [3.8, 4) is 11.5 Å². The quantitative estimate of drug-likeness (QED) is 0.788. The standard InChI is InChI=1S/C19H19ClN2O4/c1-19(13-3-7-15(25-2)8-4-13)17(23)22(18(24)21-19)11-12-26-16-9-5-14(20)6-10-16/h3-10H,11-12H2,1-2H3,(H,21,24)/t19-/m0/s1. The number of carbonyl (C=O) groups excluding carboxylic acids is 2. The van der Waals surface area contributed by atoms with Crippen LogP contribution >= 0.6 is 11.6 Å². The molecule has 0 bridgehead atoms. The fraction of sp³-hybridized carbons (Fsp3) is 0.263. The van der Waals surface area contributed by atoms with Crippen molar-refractivity contribution >= 4 is 23.5 Å². The van der Waals surface area contributed by atoms with Crippen molar-refractivity contribution in [2.45, 2.75) is 12.5 Å². The van der Waals surface area contributed by atoms with Crippen LogP contribution < -0.4 is 14.8 Å². The number of imide groups is 1. The van der Waals surface area contributed by atoms with Crippen LogP contribution in [0.4, 0.5) is 4.79 Å². The van der Waals surface area contributed by atoms with Crippen molar-refractivity contribution in [1.29, 1.82) is 0 Å². The first-order valence-electron chi connectivity index (χ1n) is 8.11. The molecule has 1 fully saturated rings. The summed E-state index contributed by atoms with van der Waals surface area (Å²) >= 11 is 5.83. The number of halogens is 1. The maximum atomic E-state index is 12.8. The molecule has 1 heterocycles. The Morgan fingerprint density at radius 1 is 1.04 bits per heavy atom. The van der Waals surface area contributed by atoms with Gasteiger partial charge in [-0.3, -0.25) is 9.69 Å². The molecule has 0 unspecified atom stereocenters. The number of nitrogens with zero attached hydrogens (tertiary/aromatic N) is 1. The Morgan fingerprint density at radius 2 is 1.65 bits per heavy atom. The molecule has 3 rings (SSSR count). The van der Waals surface area contributed by atoms with Crippen LogP contribution in [0, 0.1) is 0 Å². The van der Waals surface area contributed by atoms with Gasteiger partial charge in [-0.05, 0) is 48.9 Å². The molecule has 6 nitrogen and oxygen atoms in total. The highest BCUT2D eigenvalue weighted by molar-refractivity contribution is 6.30. The molecule has 2 aromatic carbocycles. The van der Waals surface area contributed by atoms with Crippen molar-refractivity contribution in [2.24, 2.45) is 0 Å². The van der Waals surface area contributed by atoms with Crippen LogP contribution in [0.5, 0.6) is 11.5 Å². The predicted octanol–water partition coefficient (Wildman–Crippen LogP) is 3.19. The Bertz CT molecular complexity index is 807. The first kappa shape index (κ1) is 18.1. The van der Waals surface area contributed by atoms with Crippen LogP contribution in [0.1, 0.15) is 12.5 Å². The van der Waals surface area contributed by atoms with Gasteiger partial charge in [0.15, 0.2) is 0 Å². The maximum Gasteiger partial charge on any atom is 0.325 e. The van der Waals surface area contributed by atoms with Crippen LogP contribution in [0.2, 0.25) is 5.02 Å². The van der Waals surface area contributed by atoms with Gasteiger partial charge in [0.1, 0.15) is 23.6 Å². The second-order valence-corrected chi connectivity index (χ2v) is 6.48. The lowest BCUT2D eigenvalue weighted by Gasteiger charge is -2.22. The van der Waals surface area contributed by atoms with Crippen LogP contribution in [-0.2, 0) is 10.3 Å². The van der Waals surface area contributed by atoms with E-state index in [1.54, 1.807) is 62.6 Å². The molecule has 0 saturated carbocycles. The zero-order valence-electron chi connectivity index (χ0n) is 14.5. The van der Waals surface area contributed by atoms with Gasteiger partial charge >= 0.3 is 6.03 Å². The molecule has 0 radical (unpaired) electrons. The van der Waals surface area contributed by atoms with Crippen LogP contribution in [0.3, 0.4) is 0 Å². The lowest BCUT2D eigenvalue weighted by molar-refractivity contribution is -0.131. The summed E-state index contributed by atoms with van der Waals surface area (Å²) in [6.45, 7) is 2.04. The molecular formula is C19H19ClN2O4. The summed E-state index contributed by atoms with van der Waals surface area (Å²) in [7, 11) is 1.57. The van der Waals surface area contributed by atoms with E-state index in [1.165, 1.54) is 4.90 Å². The Morgan fingerprint density at radius 3 is 2.27 bits per heavy atom. The third-order valence-corrected chi connectivity index (χ3v) is 4.59. The minimum absolute atomic E-state index is 0.152. The van der Waals surface area contributed by atoms with Crippen molar-refractivity contribution in [3.63, 3.8) is 0 Å². The van der Waals surface area contributed by atoms with E-state index in [4.69, 9.17) is 21.1 Å². The average Bonchev–Trinajstić information content (AvgIpc) is 2.87. The van der Waals surface area contributed by atoms with Gasteiger partial charge < -0.3 is 14.8 Å². The SMILES string of the molecule is COc1ccc([C@]2(C)NC(=O)N(CCOc3ccc(Cl)cc3)C2=O)cc1. The minimum Gasteiger partial charge on any atom is -0.497 e. The second kappa shape index (κ2) is 7.25. The van der Waals surface area contributed by atoms with Gasteiger partial charge in [-0.2, -0.15) is 0 Å². The van der Waals surface area contributed by atoms with Crippen molar-refractivity contribution < 1.29 is 19.1 Å². The van der Waals surface area contributed by atoms with Gasteiger partial charge in [0.25, 0.3) is 5.91 Å². The Balaban J connectivity index is 1.66. The number of hydrogen-bond acceptors (Lipinski definition) is 4. The van der Waals surface area contributed by atoms with E-state index >= 15 is 0 Å². The number of nitrogens with one attached hydrogen (secondary N) is 1. The third kappa shape index (κ3) is 3.46. The van der Waals surface area contributed by atoms with Gasteiger partial charge in [0, 0.05) is 5.02 Å². The highest BCUT2D eigenvalue weighted by Crippen LogP contribution is 2.30. The Kier molecular flexibility index (Phi) is 5.04. The summed E-state index contributed by atoms with van der Waals surface area (Å²) < 4.78 is 10.7. The monoisotopic (exact) mass is 374 g/mol. The smallest absolute Gasteiger partial charge is 0.325 e. The van der Waals surface area contributed by atoms with E-state index in [2.05, 4.69) is 5.32 Å². The van der Waals surface area contributed by atoms with E-state index in [1.807, 2.05) is 0 Å². The average molecular weight is 375 g/mol.